The second kappa shape index (κ2) is 8.84. The molecule has 1 unspecified atom stereocenters. The number of anilines is 3. The fourth-order valence-electron chi connectivity index (χ4n) is 3.93. The van der Waals surface area contributed by atoms with E-state index >= 15 is 0 Å². The Kier molecular flexibility index (Phi) is 5.58. The van der Waals surface area contributed by atoms with Crippen LogP contribution in [0.25, 0.3) is 0 Å². The maximum Gasteiger partial charge on any atom is 0.255 e. The summed E-state index contributed by atoms with van der Waals surface area (Å²) in [6.45, 7) is 0.275. The van der Waals surface area contributed by atoms with Gasteiger partial charge in [0.2, 0.25) is 0 Å². The van der Waals surface area contributed by atoms with E-state index in [1.807, 2.05) is 36.4 Å². The molecular weight excluding hydrogens is 439 g/mol. The molecule has 0 fully saturated rings. The van der Waals surface area contributed by atoms with Crippen LogP contribution >= 0.6 is 11.3 Å². The molecule has 2 heterocycles. The van der Waals surface area contributed by atoms with Crippen LogP contribution in [-0.4, -0.2) is 21.7 Å². The summed E-state index contributed by atoms with van der Waals surface area (Å²) in [6, 6.07) is 19.9. The van der Waals surface area contributed by atoms with Crippen molar-refractivity contribution in [2.75, 3.05) is 10.6 Å². The van der Waals surface area contributed by atoms with Crippen LogP contribution in [0.15, 0.2) is 84.4 Å². The number of halogens is 1. The topological polar surface area (TPSA) is 74.3 Å². The van der Waals surface area contributed by atoms with E-state index in [1.54, 1.807) is 40.7 Å². The standard InChI is InChI=1S/C25H19FN4O2S/c26-18-7-4-8-19(14-18)28-20-9-10-21-17(13-20)15-30(24(21)32)22(16-5-2-1-3-6-16)23(31)29-25-27-11-12-33-25/h1-14,22,28H,15H2,(H,27,29,31). The molecule has 1 aromatic heterocycles. The van der Waals surface area contributed by atoms with E-state index in [0.29, 0.717) is 21.9 Å². The molecule has 4 aromatic rings. The maximum atomic E-state index is 13.5. The van der Waals surface area contributed by atoms with Crippen molar-refractivity contribution in [3.8, 4) is 0 Å². The fourth-order valence-corrected chi connectivity index (χ4v) is 4.46. The van der Waals surface area contributed by atoms with E-state index in [9.17, 15) is 14.0 Å². The number of hydrogen-bond acceptors (Lipinski definition) is 5. The number of carbonyl (C=O) groups is 2. The van der Waals surface area contributed by atoms with Crippen molar-refractivity contribution in [3.05, 3.63) is 107 Å². The monoisotopic (exact) mass is 458 g/mol. The summed E-state index contributed by atoms with van der Waals surface area (Å²) in [7, 11) is 0. The zero-order valence-corrected chi connectivity index (χ0v) is 18.2. The quantitative estimate of drug-likeness (QED) is 0.408. The van der Waals surface area contributed by atoms with Gasteiger partial charge in [-0.2, -0.15) is 0 Å². The summed E-state index contributed by atoms with van der Waals surface area (Å²) in [5.74, 6) is -0.875. The SMILES string of the molecule is O=C(Nc1nccs1)C(c1ccccc1)N1Cc2cc(Nc3cccc(F)c3)ccc2C1=O. The van der Waals surface area contributed by atoms with Crippen molar-refractivity contribution >= 4 is 39.7 Å². The number of carbonyl (C=O) groups excluding carboxylic acids is 2. The van der Waals surface area contributed by atoms with Crippen molar-refractivity contribution in [2.24, 2.45) is 0 Å². The lowest BCUT2D eigenvalue weighted by molar-refractivity contribution is -0.120. The summed E-state index contributed by atoms with van der Waals surface area (Å²) in [5, 5.41) is 8.24. The third kappa shape index (κ3) is 4.33. The van der Waals surface area contributed by atoms with Gasteiger partial charge in [0.25, 0.3) is 11.8 Å². The molecule has 0 saturated carbocycles. The van der Waals surface area contributed by atoms with Crippen LogP contribution < -0.4 is 10.6 Å². The Balaban J connectivity index is 1.43. The molecule has 3 aromatic carbocycles. The Morgan fingerprint density at radius 2 is 1.85 bits per heavy atom. The molecule has 1 aliphatic rings. The van der Waals surface area contributed by atoms with Crippen molar-refractivity contribution < 1.29 is 14.0 Å². The van der Waals surface area contributed by atoms with Crippen molar-refractivity contribution in [1.82, 2.24) is 9.88 Å². The number of nitrogens with zero attached hydrogens (tertiary/aromatic N) is 2. The van der Waals surface area contributed by atoms with Gasteiger partial charge in [0, 0.05) is 35.1 Å². The van der Waals surface area contributed by atoms with E-state index in [-0.39, 0.29) is 24.2 Å². The smallest absolute Gasteiger partial charge is 0.255 e. The molecule has 1 atom stereocenters. The Labute approximate surface area is 193 Å². The van der Waals surface area contributed by atoms with Gasteiger partial charge >= 0.3 is 0 Å². The van der Waals surface area contributed by atoms with Crippen LogP contribution in [0, 0.1) is 5.82 Å². The maximum absolute atomic E-state index is 13.5. The Bertz CT molecular complexity index is 1310. The molecule has 8 heteroatoms. The third-order valence-electron chi connectivity index (χ3n) is 5.39. The number of benzene rings is 3. The van der Waals surface area contributed by atoms with Gasteiger partial charge in [-0.1, -0.05) is 36.4 Å². The number of amides is 2. The molecule has 1 aliphatic heterocycles. The van der Waals surface area contributed by atoms with Crippen LogP contribution in [0.1, 0.15) is 27.5 Å². The summed E-state index contributed by atoms with van der Waals surface area (Å²) >= 11 is 1.32. The summed E-state index contributed by atoms with van der Waals surface area (Å²) < 4.78 is 13.5. The number of hydrogen-bond donors (Lipinski definition) is 2. The average Bonchev–Trinajstić information content (AvgIpc) is 3.43. The molecule has 6 nitrogen and oxygen atoms in total. The number of fused-ring (bicyclic) bond motifs is 1. The first kappa shape index (κ1) is 20.8. The number of thiazole rings is 1. The first-order valence-electron chi connectivity index (χ1n) is 10.3. The zero-order valence-electron chi connectivity index (χ0n) is 17.4. The first-order chi connectivity index (χ1) is 16.1. The highest BCUT2D eigenvalue weighted by atomic mass is 32.1. The minimum atomic E-state index is -0.811. The average molecular weight is 459 g/mol. The molecule has 0 aliphatic carbocycles. The molecule has 0 radical (unpaired) electrons. The predicted molar refractivity (Wildman–Crippen MR) is 126 cm³/mol. The Morgan fingerprint density at radius 1 is 1.03 bits per heavy atom. The van der Waals surface area contributed by atoms with Crippen molar-refractivity contribution in [2.45, 2.75) is 12.6 Å². The molecule has 2 N–H and O–H groups in total. The van der Waals surface area contributed by atoms with Gasteiger partial charge in [-0.25, -0.2) is 9.37 Å². The van der Waals surface area contributed by atoms with Crippen LogP contribution in [0.4, 0.5) is 20.9 Å². The fraction of sp³-hybridized carbons (Fsp3) is 0.0800. The second-order valence-electron chi connectivity index (χ2n) is 7.58. The molecule has 0 bridgehead atoms. The van der Waals surface area contributed by atoms with Gasteiger partial charge in [0.15, 0.2) is 5.13 Å². The number of aromatic nitrogens is 1. The van der Waals surface area contributed by atoms with Crippen LogP contribution in [0.2, 0.25) is 0 Å². The van der Waals surface area contributed by atoms with Crippen LogP contribution in [0.3, 0.4) is 0 Å². The number of nitrogens with one attached hydrogen (secondary N) is 2. The first-order valence-corrected chi connectivity index (χ1v) is 11.2. The predicted octanol–water partition coefficient (Wildman–Crippen LogP) is 5.36. The second-order valence-corrected chi connectivity index (χ2v) is 8.47. The summed E-state index contributed by atoms with van der Waals surface area (Å²) in [4.78, 5) is 32.2. The van der Waals surface area contributed by atoms with E-state index in [1.165, 1.54) is 23.5 Å². The van der Waals surface area contributed by atoms with Crippen molar-refractivity contribution in [1.29, 1.82) is 0 Å². The largest absolute Gasteiger partial charge is 0.355 e. The minimum absolute atomic E-state index is 0.217. The Hall–Kier alpha value is -4.04. The van der Waals surface area contributed by atoms with E-state index in [0.717, 1.165) is 11.3 Å². The molecule has 0 saturated heterocycles. The normalized spacial score (nSPS) is 13.5. The lowest BCUT2D eigenvalue weighted by Gasteiger charge is -2.27. The minimum Gasteiger partial charge on any atom is -0.355 e. The van der Waals surface area contributed by atoms with E-state index in [4.69, 9.17) is 0 Å². The van der Waals surface area contributed by atoms with Gasteiger partial charge in [0.05, 0.1) is 0 Å². The van der Waals surface area contributed by atoms with Gasteiger partial charge in [0.1, 0.15) is 11.9 Å². The highest BCUT2D eigenvalue weighted by molar-refractivity contribution is 7.13. The lowest BCUT2D eigenvalue weighted by atomic mass is 10.0. The van der Waals surface area contributed by atoms with Crippen LogP contribution in [0.5, 0.6) is 0 Å². The van der Waals surface area contributed by atoms with E-state index < -0.39 is 6.04 Å². The molecule has 5 rings (SSSR count). The molecular formula is C25H19FN4O2S. The highest BCUT2D eigenvalue weighted by Crippen LogP contribution is 2.34. The molecule has 2 amide bonds. The van der Waals surface area contributed by atoms with Gasteiger partial charge in [-0.15, -0.1) is 11.3 Å². The summed E-state index contributed by atoms with van der Waals surface area (Å²) in [5.41, 5.74) is 3.40. The molecule has 33 heavy (non-hydrogen) atoms. The summed E-state index contributed by atoms with van der Waals surface area (Å²) in [6.07, 6.45) is 1.61. The zero-order chi connectivity index (χ0) is 22.8. The van der Waals surface area contributed by atoms with Crippen molar-refractivity contribution in [3.63, 3.8) is 0 Å². The van der Waals surface area contributed by atoms with Gasteiger partial charge in [-0.05, 0) is 47.5 Å². The van der Waals surface area contributed by atoms with Gasteiger partial charge < -0.3 is 10.2 Å². The highest BCUT2D eigenvalue weighted by Gasteiger charge is 2.37. The van der Waals surface area contributed by atoms with E-state index in [2.05, 4.69) is 15.6 Å². The van der Waals surface area contributed by atoms with Gasteiger partial charge in [-0.3, -0.25) is 14.9 Å². The lowest BCUT2D eigenvalue weighted by Crippen LogP contribution is -2.37. The Morgan fingerprint density at radius 3 is 2.61 bits per heavy atom. The molecule has 164 valence electrons. The molecule has 0 spiro atoms. The number of rotatable bonds is 6. The van der Waals surface area contributed by atoms with Crippen LogP contribution in [-0.2, 0) is 11.3 Å². The third-order valence-corrected chi connectivity index (χ3v) is 6.08.